The maximum Gasteiger partial charge on any atom is 0.321 e. The lowest BCUT2D eigenvalue weighted by Gasteiger charge is -2.43. The van der Waals surface area contributed by atoms with Gasteiger partial charge in [0.15, 0.2) is 5.60 Å². The third kappa shape index (κ3) is 4.06. The fourth-order valence-corrected chi connectivity index (χ4v) is 3.59. The lowest BCUT2D eigenvalue weighted by molar-refractivity contribution is -0.158. The Morgan fingerprint density at radius 1 is 1.52 bits per heavy atom. The summed E-state index contributed by atoms with van der Waals surface area (Å²) in [6.45, 7) is 0.244. The van der Waals surface area contributed by atoms with Gasteiger partial charge in [0.25, 0.3) is 0 Å². The molecule has 0 aromatic carbocycles. The van der Waals surface area contributed by atoms with Gasteiger partial charge in [0.2, 0.25) is 0 Å². The van der Waals surface area contributed by atoms with Crippen LogP contribution in [0.5, 0.6) is 0 Å². The molecule has 2 atom stereocenters. The number of rotatable bonds is 5. The van der Waals surface area contributed by atoms with Crippen LogP contribution >= 0.6 is 12.2 Å². The average molecular weight is 335 g/mol. The van der Waals surface area contributed by atoms with Gasteiger partial charge in [-0.05, 0) is 45.0 Å². The van der Waals surface area contributed by atoms with E-state index in [1.54, 1.807) is 18.1 Å². The summed E-state index contributed by atoms with van der Waals surface area (Å²) in [5, 5.41) is 3.05. The normalized spacial score (nSPS) is 24.3. The van der Waals surface area contributed by atoms with Crippen molar-refractivity contribution in [1.82, 2.24) is 15.2 Å². The van der Waals surface area contributed by atoms with E-state index < -0.39 is 5.60 Å². The van der Waals surface area contributed by atoms with E-state index in [1.165, 1.54) is 0 Å². The zero-order valence-electron chi connectivity index (χ0n) is 14.0. The van der Waals surface area contributed by atoms with Gasteiger partial charge in [-0.1, -0.05) is 24.7 Å². The summed E-state index contributed by atoms with van der Waals surface area (Å²) in [4.78, 5) is 19.0. The lowest BCUT2D eigenvalue weighted by Crippen LogP contribution is -2.54. The van der Waals surface area contributed by atoms with Crippen molar-refractivity contribution < 1.29 is 9.53 Å². The summed E-state index contributed by atoms with van der Waals surface area (Å²) in [5.74, 6) is -0.209. The summed E-state index contributed by atoms with van der Waals surface area (Å²) in [7, 11) is 5.49. The smallest absolute Gasteiger partial charge is 0.321 e. The van der Waals surface area contributed by atoms with Gasteiger partial charge in [-0.2, -0.15) is 0 Å². The minimum absolute atomic E-state index is 0.0380. The molecular formula is C17H25N3O2S. The SMILES string of the molecule is CNC(=S)[C@@]1(OC(=O)CN(C)C)CCCC[C@H]1c1cccnc1. The Hall–Kier alpha value is -1.53. The number of thiocarbonyl (C=S) groups is 1. The van der Waals surface area contributed by atoms with E-state index in [1.807, 2.05) is 32.4 Å². The second kappa shape index (κ2) is 7.84. The maximum absolute atomic E-state index is 12.4. The highest BCUT2D eigenvalue weighted by molar-refractivity contribution is 7.80. The first-order chi connectivity index (χ1) is 11.0. The van der Waals surface area contributed by atoms with Gasteiger partial charge in [0.1, 0.15) is 4.99 Å². The number of aromatic nitrogens is 1. The van der Waals surface area contributed by atoms with Crippen LogP contribution in [0.25, 0.3) is 0 Å². The largest absolute Gasteiger partial charge is 0.450 e. The van der Waals surface area contributed by atoms with Gasteiger partial charge in [-0.3, -0.25) is 14.7 Å². The molecule has 0 amide bonds. The number of esters is 1. The van der Waals surface area contributed by atoms with E-state index in [0.29, 0.717) is 4.99 Å². The fourth-order valence-electron chi connectivity index (χ4n) is 3.31. The van der Waals surface area contributed by atoms with Gasteiger partial charge in [0.05, 0.1) is 6.54 Å². The Balaban J connectivity index is 2.36. The van der Waals surface area contributed by atoms with Gasteiger partial charge in [-0.25, -0.2) is 0 Å². The average Bonchev–Trinajstić information content (AvgIpc) is 2.54. The molecule has 5 nitrogen and oxygen atoms in total. The van der Waals surface area contributed by atoms with Crippen LogP contribution in [0.2, 0.25) is 0 Å². The number of likely N-dealkylation sites (N-methyl/N-ethyl adjacent to an activating group) is 2. The number of ether oxygens (including phenoxy) is 1. The minimum Gasteiger partial charge on any atom is -0.450 e. The predicted molar refractivity (Wildman–Crippen MR) is 94.5 cm³/mol. The van der Waals surface area contributed by atoms with Crippen molar-refractivity contribution in [2.24, 2.45) is 0 Å². The van der Waals surface area contributed by atoms with Crippen molar-refractivity contribution in [3.05, 3.63) is 30.1 Å². The Morgan fingerprint density at radius 2 is 2.30 bits per heavy atom. The highest BCUT2D eigenvalue weighted by atomic mass is 32.1. The van der Waals surface area contributed by atoms with Crippen LogP contribution in [0.3, 0.4) is 0 Å². The topological polar surface area (TPSA) is 54.5 Å². The summed E-state index contributed by atoms with van der Waals surface area (Å²) >= 11 is 5.57. The van der Waals surface area contributed by atoms with Crippen molar-refractivity contribution in [3.63, 3.8) is 0 Å². The fraction of sp³-hybridized carbons (Fsp3) is 0.588. The predicted octanol–water partition coefficient (Wildman–Crippen LogP) is 2.13. The van der Waals surface area contributed by atoms with E-state index in [2.05, 4.69) is 10.3 Å². The number of carbonyl (C=O) groups is 1. The first-order valence-corrected chi connectivity index (χ1v) is 8.39. The number of nitrogens with zero attached hydrogens (tertiary/aromatic N) is 2. The molecule has 2 rings (SSSR count). The van der Waals surface area contributed by atoms with E-state index in [-0.39, 0.29) is 18.4 Å². The second-order valence-electron chi connectivity index (χ2n) is 6.27. The molecule has 0 saturated heterocycles. The third-order valence-corrected chi connectivity index (χ3v) is 4.84. The molecule has 126 valence electrons. The van der Waals surface area contributed by atoms with Crippen LogP contribution in [0, 0.1) is 0 Å². The van der Waals surface area contributed by atoms with Crippen molar-refractivity contribution in [3.8, 4) is 0 Å². The van der Waals surface area contributed by atoms with Crippen LogP contribution in [0.15, 0.2) is 24.5 Å². The molecular weight excluding hydrogens is 310 g/mol. The van der Waals surface area contributed by atoms with E-state index in [9.17, 15) is 4.79 Å². The van der Waals surface area contributed by atoms with Gasteiger partial charge in [0, 0.05) is 25.4 Å². The first-order valence-electron chi connectivity index (χ1n) is 7.98. The Morgan fingerprint density at radius 3 is 2.91 bits per heavy atom. The molecule has 0 radical (unpaired) electrons. The molecule has 1 aliphatic rings. The van der Waals surface area contributed by atoms with Crippen LogP contribution in [0.4, 0.5) is 0 Å². The molecule has 0 unspecified atom stereocenters. The monoisotopic (exact) mass is 335 g/mol. The molecule has 0 aliphatic heterocycles. The Labute approximate surface area is 143 Å². The van der Waals surface area contributed by atoms with E-state index in [4.69, 9.17) is 17.0 Å². The minimum atomic E-state index is -0.779. The Kier molecular flexibility index (Phi) is 6.07. The Bertz CT molecular complexity index is 550. The zero-order chi connectivity index (χ0) is 16.9. The maximum atomic E-state index is 12.4. The number of hydrogen-bond donors (Lipinski definition) is 1. The number of hydrogen-bond acceptors (Lipinski definition) is 5. The molecule has 1 aromatic rings. The van der Waals surface area contributed by atoms with Crippen molar-refractivity contribution in [2.75, 3.05) is 27.7 Å². The highest BCUT2D eigenvalue weighted by Crippen LogP contribution is 2.44. The van der Waals surface area contributed by atoms with Crippen LogP contribution in [0.1, 0.15) is 37.2 Å². The second-order valence-corrected chi connectivity index (χ2v) is 6.67. The number of pyridine rings is 1. The summed E-state index contributed by atoms with van der Waals surface area (Å²) in [6.07, 6.45) is 7.37. The molecule has 6 heteroatoms. The molecule has 1 aliphatic carbocycles. The third-order valence-electron chi connectivity index (χ3n) is 4.29. The molecule has 1 heterocycles. The van der Waals surface area contributed by atoms with Crippen molar-refractivity contribution >= 4 is 23.2 Å². The molecule has 23 heavy (non-hydrogen) atoms. The van der Waals surface area contributed by atoms with Crippen LogP contribution in [-0.2, 0) is 9.53 Å². The molecule has 1 N–H and O–H groups in total. The number of carbonyl (C=O) groups excluding carboxylic acids is 1. The molecule has 1 aromatic heterocycles. The van der Waals surface area contributed by atoms with Crippen LogP contribution in [-0.4, -0.2) is 54.1 Å². The number of nitrogens with one attached hydrogen (secondary N) is 1. The summed E-state index contributed by atoms with van der Waals surface area (Å²) in [6, 6.07) is 3.95. The lowest BCUT2D eigenvalue weighted by atomic mass is 9.72. The molecule has 0 spiro atoms. The van der Waals surface area contributed by atoms with E-state index in [0.717, 1.165) is 31.2 Å². The van der Waals surface area contributed by atoms with Crippen molar-refractivity contribution in [1.29, 1.82) is 0 Å². The van der Waals surface area contributed by atoms with Crippen LogP contribution < -0.4 is 5.32 Å². The molecule has 1 saturated carbocycles. The quantitative estimate of drug-likeness (QED) is 0.657. The van der Waals surface area contributed by atoms with Gasteiger partial charge < -0.3 is 10.1 Å². The summed E-state index contributed by atoms with van der Waals surface area (Å²) < 4.78 is 6.00. The summed E-state index contributed by atoms with van der Waals surface area (Å²) in [5.41, 5.74) is 0.292. The standard InChI is InChI=1S/C17H25N3O2S/c1-18-16(23)17(22-15(21)12-20(2)3)9-5-4-8-14(17)13-7-6-10-19-11-13/h6-7,10-11,14H,4-5,8-9,12H2,1-3H3,(H,18,23)/t14-,17+/m0/s1. The van der Waals surface area contributed by atoms with Crippen molar-refractivity contribution in [2.45, 2.75) is 37.2 Å². The highest BCUT2D eigenvalue weighted by Gasteiger charge is 2.48. The zero-order valence-corrected chi connectivity index (χ0v) is 14.9. The van der Waals surface area contributed by atoms with E-state index >= 15 is 0 Å². The molecule has 1 fully saturated rings. The molecule has 0 bridgehead atoms. The first kappa shape index (κ1) is 17.8. The van der Waals surface area contributed by atoms with Gasteiger partial charge in [-0.15, -0.1) is 0 Å². The van der Waals surface area contributed by atoms with Gasteiger partial charge >= 0.3 is 5.97 Å².